The molecule has 0 aliphatic carbocycles. The average molecular weight is 234 g/mol. The first-order valence-corrected chi connectivity index (χ1v) is 5.46. The summed E-state index contributed by atoms with van der Waals surface area (Å²) in [6, 6.07) is 6.82. The quantitative estimate of drug-likeness (QED) is 0.882. The van der Waals surface area contributed by atoms with Crippen molar-refractivity contribution in [3.05, 3.63) is 30.0 Å². The number of carbonyl (C=O) groups is 1. The van der Waals surface area contributed by atoms with Crippen molar-refractivity contribution >= 4 is 16.9 Å². The van der Waals surface area contributed by atoms with Crippen LogP contribution in [-0.2, 0) is 0 Å². The van der Waals surface area contributed by atoms with Crippen LogP contribution in [0.15, 0.2) is 28.7 Å². The van der Waals surface area contributed by atoms with E-state index < -0.39 is 5.97 Å². The van der Waals surface area contributed by atoms with Crippen LogP contribution in [0.25, 0.3) is 11.0 Å². The summed E-state index contributed by atoms with van der Waals surface area (Å²) < 4.78 is 10.7. The Labute approximate surface area is 98.8 Å². The minimum atomic E-state index is -1.06. The molecule has 0 radical (unpaired) electrons. The fourth-order valence-corrected chi connectivity index (χ4v) is 1.47. The fraction of sp³-hybridized carbons (Fsp3) is 0.308. The molecule has 0 bridgehead atoms. The normalized spacial score (nSPS) is 11.0. The van der Waals surface area contributed by atoms with E-state index in [0.29, 0.717) is 23.9 Å². The van der Waals surface area contributed by atoms with E-state index in [4.69, 9.17) is 14.3 Å². The third kappa shape index (κ3) is 2.58. The minimum absolute atomic E-state index is 0.0546. The number of furan rings is 1. The van der Waals surface area contributed by atoms with Gasteiger partial charge >= 0.3 is 5.97 Å². The molecule has 0 atom stereocenters. The number of benzene rings is 1. The standard InChI is InChI=1S/C13H14O4/c1-8(2)7-16-10-4-3-9-5-12(13(14)15)17-11(9)6-10/h3-6,8H,7H2,1-2H3,(H,14,15). The van der Waals surface area contributed by atoms with Gasteiger partial charge in [-0.1, -0.05) is 13.8 Å². The van der Waals surface area contributed by atoms with Gasteiger partial charge in [-0.25, -0.2) is 4.79 Å². The topological polar surface area (TPSA) is 59.7 Å². The van der Waals surface area contributed by atoms with Gasteiger partial charge in [0.05, 0.1) is 6.61 Å². The van der Waals surface area contributed by atoms with Gasteiger partial charge in [0.1, 0.15) is 11.3 Å². The second-order valence-corrected chi connectivity index (χ2v) is 4.32. The first kappa shape index (κ1) is 11.5. The largest absolute Gasteiger partial charge is 0.493 e. The number of ether oxygens (including phenoxy) is 1. The lowest BCUT2D eigenvalue weighted by atomic mass is 10.2. The van der Waals surface area contributed by atoms with Crippen LogP contribution in [0.2, 0.25) is 0 Å². The number of hydrogen-bond donors (Lipinski definition) is 1. The van der Waals surface area contributed by atoms with Gasteiger partial charge in [0.25, 0.3) is 0 Å². The van der Waals surface area contributed by atoms with Gasteiger partial charge in [0.2, 0.25) is 5.76 Å². The van der Waals surface area contributed by atoms with Gasteiger partial charge in [-0.15, -0.1) is 0 Å². The minimum Gasteiger partial charge on any atom is -0.493 e. The molecule has 0 saturated carbocycles. The highest BCUT2D eigenvalue weighted by Crippen LogP contribution is 2.24. The van der Waals surface area contributed by atoms with Crippen molar-refractivity contribution in [3.63, 3.8) is 0 Å². The van der Waals surface area contributed by atoms with Gasteiger partial charge in [-0.2, -0.15) is 0 Å². The first-order chi connectivity index (χ1) is 8.06. The molecule has 0 spiro atoms. The molecule has 1 heterocycles. The van der Waals surface area contributed by atoms with E-state index in [9.17, 15) is 4.79 Å². The van der Waals surface area contributed by atoms with Crippen molar-refractivity contribution in [2.45, 2.75) is 13.8 Å². The molecule has 17 heavy (non-hydrogen) atoms. The lowest BCUT2D eigenvalue weighted by Gasteiger charge is -2.07. The van der Waals surface area contributed by atoms with Crippen LogP contribution < -0.4 is 4.74 Å². The highest BCUT2D eigenvalue weighted by molar-refractivity contribution is 5.91. The van der Waals surface area contributed by atoms with Crippen LogP contribution >= 0.6 is 0 Å². The summed E-state index contributed by atoms with van der Waals surface area (Å²) in [5.41, 5.74) is 0.531. The van der Waals surface area contributed by atoms with E-state index in [1.54, 1.807) is 12.1 Å². The molecule has 2 aromatic rings. The number of hydrogen-bond acceptors (Lipinski definition) is 3. The Morgan fingerprint density at radius 1 is 1.41 bits per heavy atom. The number of carboxylic acid groups (broad SMARTS) is 1. The van der Waals surface area contributed by atoms with Gasteiger partial charge in [-0.3, -0.25) is 0 Å². The molecule has 0 aliphatic rings. The van der Waals surface area contributed by atoms with E-state index in [2.05, 4.69) is 13.8 Å². The summed E-state index contributed by atoms with van der Waals surface area (Å²) >= 11 is 0. The van der Waals surface area contributed by atoms with Crippen molar-refractivity contribution in [3.8, 4) is 5.75 Å². The number of fused-ring (bicyclic) bond motifs is 1. The Bertz CT molecular complexity index is 539. The van der Waals surface area contributed by atoms with Gasteiger partial charge in [0.15, 0.2) is 0 Å². The molecule has 1 aromatic heterocycles. The highest BCUT2D eigenvalue weighted by Gasteiger charge is 2.10. The molecular weight excluding hydrogens is 220 g/mol. The van der Waals surface area contributed by atoms with E-state index in [-0.39, 0.29) is 5.76 Å². The summed E-state index contributed by atoms with van der Waals surface area (Å²) in [4.78, 5) is 10.7. The number of aromatic carboxylic acids is 1. The Morgan fingerprint density at radius 3 is 2.82 bits per heavy atom. The van der Waals surface area contributed by atoms with E-state index in [0.717, 1.165) is 5.39 Å². The molecule has 1 N–H and O–H groups in total. The molecule has 0 saturated heterocycles. The Balaban J connectivity index is 2.27. The Hall–Kier alpha value is -1.97. The summed E-state index contributed by atoms with van der Waals surface area (Å²) in [5.74, 6) is 0.0150. The lowest BCUT2D eigenvalue weighted by molar-refractivity contribution is 0.0665. The third-order valence-electron chi connectivity index (χ3n) is 2.29. The first-order valence-electron chi connectivity index (χ1n) is 5.46. The van der Waals surface area contributed by atoms with Crippen molar-refractivity contribution in [1.82, 2.24) is 0 Å². The van der Waals surface area contributed by atoms with Crippen molar-refractivity contribution in [2.24, 2.45) is 5.92 Å². The van der Waals surface area contributed by atoms with Gasteiger partial charge in [0, 0.05) is 11.5 Å². The third-order valence-corrected chi connectivity index (χ3v) is 2.29. The molecular formula is C13H14O4. The summed E-state index contributed by atoms with van der Waals surface area (Å²) in [6.45, 7) is 4.75. The summed E-state index contributed by atoms with van der Waals surface area (Å²) in [7, 11) is 0. The maximum atomic E-state index is 10.7. The molecule has 2 rings (SSSR count). The predicted molar refractivity (Wildman–Crippen MR) is 63.5 cm³/mol. The zero-order valence-corrected chi connectivity index (χ0v) is 9.77. The monoisotopic (exact) mass is 234 g/mol. The van der Waals surface area contributed by atoms with Crippen LogP contribution in [0, 0.1) is 5.92 Å². The molecule has 4 heteroatoms. The van der Waals surface area contributed by atoms with E-state index >= 15 is 0 Å². The predicted octanol–water partition coefficient (Wildman–Crippen LogP) is 3.17. The van der Waals surface area contributed by atoms with Gasteiger partial charge < -0.3 is 14.3 Å². The molecule has 1 aromatic carbocycles. The molecule has 0 fully saturated rings. The van der Waals surface area contributed by atoms with Crippen molar-refractivity contribution in [1.29, 1.82) is 0 Å². The van der Waals surface area contributed by atoms with Crippen LogP contribution in [0.5, 0.6) is 5.75 Å². The van der Waals surface area contributed by atoms with E-state index in [1.807, 2.05) is 6.07 Å². The zero-order chi connectivity index (χ0) is 12.4. The maximum Gasteiger partial charge on any atom is 0.371 e. The van der Waals surface area contributed by atoms with Crippen LogP contribution in [-0.4, -0.2) is 17.7 Å². The number of rotatable bonds is 4. The molecule has 4 nitrogen and oxygen atoms in total. The smallest absolute Gasteiger partial charge is 0.371 e. The molecule has 0 aliphatic heterocycles. The Morgan fingerprint density at radius 2 is 2.18 bits per heavy atom. The lowest BCUT2D eigenvalue weighted by Crippen LogP contribution is -2.04. The maximum absolute atomic E-state index is 10.7. The molecule has 0 unspecified atom stereocenters. The second-order valence-electron chi connectivity index (χ2n) is 4.32. The zero-order valence-electron chi connectivity index (χ0n) is 9.77. The summed E-state index contributed by atoms with van der Waals surface area (Å²) in [6.07, 6.45) is 0. The van der Waals surface area contributed by atoms with Crippen LogP contribution in [0.1, 0.15) is 24.4 Å². The van der Waals surface area contributed by atoms with Crippen molar-refractivity contribution in [2.75, 3.05) is 6.61 Å². The van der Waals surface area contributed by atoms with Crippen LogP contribution in [0.3, 0.4) is 0 Å². The SMILES string of the molecule is CC(C)COc1ccc2cc(C(=O)O)oc2c1. The molecule has 0 amide bonds. The second kappa shape index (κ2) is 4.49. The Kier molecular flexibility index (Phi) is 3.04. The highest BCUT2D eigenvalue weighted by atomic mass is 16.5. The van der Waals surface area contributed by atoms with Gasteiger partial charge in [-0.05, 0) is 24.1 Å². The van der Waals surface area contributed by atoms with Crippen molar-refractivity contribution < 1.29 is 19.1 Å². The van der Waals surface area contributed by atoms with E-state index in [1.165, 1.54) is 6.07 Å². The average Bonchev–Trinajstić information content (AvgIpc) is 2.69. The fourth-order valence-electron chi connectivity index (χ4n) is 1.47. The summed E-state index contributed by atoms with van der Waals surface area (Å²) in [5, 5.41) is 9.57. The number of carboxylic acids is 1. The van der Waals surface area contributed by atoms with Crippen LogP contribution in [0.4, 0.5) is 0 Å². The molecule has 90 valence electrons.